The van der Waals surface area contributed by atoms with Gasteiger partial charge in [-0.1, -0.05) is 0 Å². The summed E-state index contributed by atoms with van der Waals surface area (Å²) in [6, 6.07) is 0. The predicted octanol–water partition coefficient (Wildman–Crippen LogP) is -0.533. The van der Waals surface area contributed by atoms with Crippen LogP contribution in [0.5, 0.6) is 0 Å². The zero-order chi connectivity index (χ0) is 6.57. The van der Waals surface area contributed by atoms with Gasteiger partial charge in [0.25, 0.3) is 5.87 Å². The number of carboxylic acid groups (broad SMARTS) is 1. The molecule has 0 spiro atoms. The lowest BCUT2D eigenvalue weighted by Gasteiger charge is -1.87. The standard InChI is InChI=1S/C2H3BNO4/c5-1(4-8)3-2(6)7/h8H,(H,4,5)(H,6,7). The molecule has 0 saturated carbocycles. The van der Waals surface area contributed by atoms with Gasteiger partial charge in [-0.2, -0.15) is 0 Å². The summed E-state index contributed by atoms with van der Waals surface area (Å²) in [4.78, 5) is 19.4. The van der Waals surface area contributed by atoms with Gasteiger partial charge in [-0.05, 0) is 0 Å². The summed E-state index contributed by atoms with van der Waals surface area (Å²) in [6.45, 7) is 0. The van der Waals surface area contributed by atoms with Gasteiger partial charge in [-0.3, -0.25) is 14.8 Å². The van der Waals surface area contributed by atoms with Crippen LogP contribution >= 0.6 is 0 Å². The molecule has 0 bridgehead atoms. The van der Waals surface area contributed by atoms with Crippen LogP contribution in [0.15, 0.2) is 0 Å². The van der Waals surface area contributed by atoms with Crippen molar-refractivity contribution in [2.75, 3.05) is 0 Å². The van der Waals surface area contributed by atoms with Crippen LogP contribution in [-0.4, -0.2) is 29.3 Å². The fraction of sp³-hybridized carbons (Fsp3) is 0. The normalized spacial score (nSPS) is 7.62. The molecule has 0 rings (SSSR count). The van der Waals surface area contributed by atoms with Crippen molar-refractivity contribution in [3.63, 3.8) is 0 Å². The highest BCUT2D eigenvalue weighted by Gasteiger charge is 2.08. The Morgan fingerprint density at radius 1 is 1.50 bits per heavy atom. The summed E-state index contributed by atoms with van der Waals surface area (Å²) < 4.78 is 0. The molecule has 0 fully saturated rings. The minimum Gasteiger partial charge on any atom is -0.489 e. The molecule has 0 aliphatic rings. The number of hydrogen-bond donors (Lipinski definition) is 3. The number of rotatable bonds is 2. The molecule has 43 valence electrons. The largest absolute Gasteiger partial charge is 0.489 e. The molecule has 6 heteroatoms. The maximum atomic E-state index is 9.82. The van der Waals surface area contributed by atoms with Crippen molar-refractivity contribution in [2.24, 2.45) is 0 Å². The Labute approximate surface area is 45.5 Å². The first kappa shape index (κ1) is 6.96. The van der Waals surface area contributed by atoms with Crippen LogP contribution in [0.1, 0.15) is 0 Å². The van der Waals surface area contributed by atoms with Crippen LogP contribution in [0.3, 0.4) is 0 Å². The first-order valence-corrected chi connectivity index (χ1v) is 1.68. The Morgan fingerprint density at radius 2 is 2.00 bits per heavy atom. The summed E-state index contributed by atoms with van der Waals surface area (Å²) in [7, 11) is 0.306. The lowest BCUT2D eigenvalue weighted by molar-refractivity contribution is 0.178. The van der Waals surface area contributed by atoms with Gasteiger partial charge in [0, 0.05) is 0 Å². The number of hydroxylamine groups is 1. The smallest absolute Gasteiger partial charge is 0.380 e. The van der Waals surface area contributed by atoms with Crippen LogP contribution in [0.2, 0.25) is 0 Å². The van der Waals surface area contributed by atoms with Gasteiger partial charge in [-0.15, -0.1) is 0 Å². The molecular formula is C2H3BNO4. The molecule has 0 aromatic heterocycles. The minimum absolute atomic E-state index is 0.306. The Bertz CT molecular complexity index is 113. The molecule has 5 nitrogen and oxygen atoms in total. The van der Waals surface area contributed by atoms with E-state index in [1.165, 1.54) is 0 Å². The molecule has 8 heavy (non-hydrogen) atoms. The molecule has 3 N–H and O–H groups in total. The third kappa shape index (κ3) is 3.17. The van der Waals surface area contributed by atoms with Crippen LogP contribution in [-0.2, 0) is 0 Å². The fourth-order valence-corrected chi connectivity index (χ4v) is 0.144. The van der Waals surface area contributed by atoms with E-state index < -0.39 is 11.7 Å². The number of carbonyl (C=O) groups is 2. The molecule has 0 aromatic carbocycles. The fourth-order valence-electron chi connectivity index (χ4n) is 0.144. The highest BCUT2D eigenvalue weighted by molar-refractivity contribution is 6.95. The second-order valence-electron chi connectivity index (χ2n) is 0.959. The summed E-state index contributed by atoms with van der Waals surface area (Å²) in [6.07, 6.45) is 0. The SMILES string of the molecule is O=C(O)[B]C(=O)NO. The zero-order valence-electron chi connectivity index (χ0n) is 3.79. The van der Waals surface area contributed by atoms with Crippen LogP contribution in [0.25, 0.3) is 0 Å². The summed E-state index contributed by atoms with van der Waals surface area (Å²) >= 11 is 0. The van der Waals surface area contributed by atoms with Crippen molar-refractivity contribution >= 4 is 19.0 Å². The van der Waals surface area contributed by atoms with Crippen molar-refractivity contribution in [3.8, 4) is 0 Å². The average molecular weight is 116 g/mol. The zero-order valence-corrected chi connectivity index (χ0v) is 3.79. The Morgan fingerprint density at radius 3 is 2.12 bits per heavy atom. The number of carbonyl (C=O) groups excluding carboxylic acids is 1. The van der Waals surface area contributed by atoms with Gasteiger partial charge in [0.15, 0.2) is 0 Å². The van der Waals surface area contributed by atoms with E-state index in [4.69, 9.17) is 10.3 Å². The molecule has 1 amide bonds. The van der Waals surface area contributed by atoms with Crippen molar-refractivity contribution in [1.29, 1.82) is 0 Å². The van der Waals surface area contributed by atoms with Crippen molar-refractivity contribution in [1.82, 2.24) is 5.48 Å². The Balaban J connectivity index is 3.40. The maximum Gasteiger partial charge on any atom is 0.380 e. The highest BCUT2D eigenvalue weighted by atomic mass is 16.5. The number of hydrogen-bond acceptors (Lipinski definition) is 3. The van der Waals surface area contributed by atoms with Crippen LogP contribution in [0, 0.1) is 0 Å². The van der Waals surface area contributed by atoms with E-state index in [0.29, 0.717) is 7.28 Å². The van der Waals surface area contributed by atoms with E-state index in [1.54, 1.807) is 0 Å². The predicted molar refractivity (Wildman–Crippen MR) is 24.1 cm³/mol. The number of amides is 1. The van der Waals surface area contributed by atoms with Crippen molar-refractivity contribution < 1.29 is 19.9 Å². The van der Waals surface area contributed by atoms with Gasteiger partial charge < -0.3 is 5.11 Å². The topological polar surface area (TPSA) is 86.6 Å². The molecule has 0 heterocycles. The van der Waals surface area contributed by atoms with E-state index in [1.807, 2.05) is 0 Å². The molecule has 1 radical (unpaired) electrons. The third-order valence-corrected chi connectivity index (χ3v) is 0.365. The van der Waals surface area contributed by atoms with E-state index in [-0.39, 0.29) is 0 Å². The molecule has 0 aromatic rings. The molecule has 0 saturated heterocycles. The second-order valence-corrected chi connectivity index (χ2v) is 0.959. The first-order chi connectivity index (χ1) is 3.66. The minimum atomic E-state index is -1.39. The molecule has 0 aliphatic carbocycles. The van der Waals surface area contributed by atoms with Crippen molar-refractivity contribution in [3.05, 3.63) is 0 Å². The van der Waals surface area contributed by atoms with E-state index in [0.717, 1.165) is 5.48 Å². The van der Waals surface area contributed by atoms with E-state index in [9.17, 15) is 9.59 Å². The average Bonchev–Trinajstić information content (AvgIpc) is 1.65. The third-order valence-electron chi connectivity index (χ3n) is 0.365. The lowest BCUT2D eigenvalue weighted by atomic mass is 9.78. The maximum absolute atomic E-state index is 9.82. The van der Waals surface area contributed by atoms with E-state index >= 15 is 0 Å². The quantitative estimate of drug-likeness (QED) is 0.257. The van der Waals surface area contributed by atoms with Gasteiger partial charge in [0.05, 0.1) is 0 Å². The molecule has 0 atom stereocenters. The van der Waals surface area contributed by atoms with Gasteiger partial charge >= 0.3 is 7.28 Å². The Kier molecular flexibility index (Phi) is 2.64. The Hall–Kier alpha value is -1.04. The summed E-state index contributed by atoms with van der Waals surface area (Å²) in [5, 5.41) is 15.5. The van der Waals surface area contributed by atoms with Crippen molar-refractivity contribution in [2.45, 2.75) is 0 Å². The molecular weight excluding hydrogens is 113 g/mol. The van der Waals surface area contributed by atoms with Gasteiger partial charge in [0.2, 0.25) is 5.81 Å². The first-order valence-electron chi connectivity index (χ1n) is 1.68. The lowest BCUT2D eigenvalue weighted by Crippen LogP contribution is -2.28. The highest BCUT2D eigenvalue weighted by Crippen LogP contribution is 1.66. The van der Waals surface area contributed by atoms with E-state index in [2.05, 4.69) is 0 Å². The van der Waals surface area contributed by atoms with Gasteiger partial charge in [0.1, 0.15) is 0 Å². The summed E-state index contributed by atoms with van der Waals surface area (Å²) in [5.74, 6) is -2.44. The van der Waals surface area contributed by atoms with Gasteiger partial charge in [-0.25, -0.2) is 5.48 Å². The number of nitrogens with one attached hydrogen (secondary N) is 1. The van der Waals surface area contributed by atoms with Crippen LogP contribution in [0.4, 0.5) is 9.59 Å². The monoisotopic (exact) mass is 116 g/mol. The molecule has 0 unspecified atom stereocenters. The second kappa shape index (κ2) is 3.03. The molecule has 0 aliphatic heterocycles. The summed E-state index contributed by atoms with van der Waals surface area (Å²) in [5.41, 5.74) is 1.12. The van der Waals surface area contributed by atoms with Crippen LogP contribution < -0.4 is 5.48 Å².